The molecule has 0 amide bonds. The van der Waals surface area contributed by atoms with Crippen molar-refractivity contribution in [2.45, 2.75) is 27.2 Å². The number of ketones is 1. The largest absolute Gasteiger partial charge is 0.294 e. The summed E-state index contributed by atoms with van der Waals surface area (Å²) in [4.78, 5) is 12.1. The van der Waals surface area contributed by atoms with Crippen molar-refractivity contribution in [1.29, 1.82) is 0 Å². The van der Waals surface area contributed by atoms with Crippen LogP contribution in [-0.4, -0.2) is 5.78 Å². The molecule has 0 saturated carbocycles. The Morgan fingerprint density at radius 3 is 2.64 bits per heavy atom. The fourth-order valence-corrected chi connectivity index (χ4v) is 2.08. The van der Waals surface area contributed by atoms with Crippen molar-refractivity contribution in [3.05, 3.63) is 35.4 Å². The second-order valence-corrected chi connectivity index (χ2v) is 4.81. The smallest absolute Gasteiger partial charge is 0.169 e. The van der Waals surface area contributed by atoms with E-state index in [-0.39, 0.29) is 5.41 Å². The van der Waals surface area contributed by atoms with Crippen LogP contribution in [0.4, 0.5) is 0 Å². The molecule has 1 aliphatic carbocycles. The van der Waals surface area contributed by atoms with Crippen molar-refractivity contribution >= 4 is 5.78 Å². The van der Waals surface area contributed by atoms with Crippen LogP contribution < -0.4 is 0 Å². The van der Waals surface area contributed by atoms with E-state index in [0.717, 1.165) is 12.0 Å². The van der Waals surface area contributed by atoms with Gasteiger partial charge in [-0.25, -0.2) is 0 Å². The van der Waals surface area contributed by atoms with E-state index in [1.807, 2.05) is 18.2 Å². The molecule has 0 heterocycles. The van der Waals surface area contributed by atoms with Crippen LogP contribution in [0.2, 0.25) is 0 Å². The fourth-order valence-electron chi connectivity index (χ4n) is 2.08. The lowest BCUT2D eigenvalue weighted by Gasteiger charge is -2.35. The molecule has 0 saturated heterocycles. The first-order valence-corrected chi connectivity index (χ1v) is 5.16. The molecule has 1 atom stereocenters. The second-order valence-electron chi connectivity index (χ2n) is 4.81. The van der Waals surface area contributed by atoms with E-state index in [0.29, 0.717) is 11.7 Å². The molecular formula is C13H16O. The zero-order valence-corrected chi connectivity index (χ0v) is 9.00. The summed E-state index contributed by atoms with van der Waals surface area (Å²) in [6.45, 7) is 6.26. The zero-order chi connectivity index (χ0) is 10.3. The maximum absolute atomic E-state index is 12.1. The van der Waals surface area contributed by atoms with Crippen LogP contribution in [0.1, 0.15) is 36.7 Å². The van der Waals surface area contributed by atoms with Crippen LogP contribution in [0.3, 0.4) is 0 Å². The van der Waals surface area contributed by atoms with Crippen molar-refractivity contribution in [2.75, 3.05) is 0 Å². The Morgan fingerprint density at radius 1 is 1.29 bits per heavy atom. The molecule has 0 bridgehead atoms. The summed E-state index contributed by atoms with van der Waals surface area (Å²) in [6, 6.07) is 7.98. The van der Waals surface area contributed by atoms with Crippen LogP contribution in [0.5, 0.6) is 0 Å². The van der Waals surface area contributed by atoms with Crippen molar-refractivity contribution in [1.82, 2.24) is 0 Å². The van der Waals surface area contributed by atoms with Gasteiger partial charge in [0.2, 0.25) is 0 Å². The molecule has 0 N–H and O–H groups in total. The quantitative estimate of drug-likeness (QED) is 0.611. The summed E-state index contributed by atoms with van der Waals surface area (Å²) < 4.78 is 0. The van der Waals surface area contributed by atoms with E-state index in [9.17, 15) is 4.79 Å². The van der Waals surface area contributed by atoms with E-state index in [1.165, 1.54) is 5.56 Å². The van der Waals surface area contributed by atoms with Crippen LogP contribution >= 0.6 is 0 Å². The highest BCUT2D eigenvalue weighted by atomic mass is 16.1. The lowest BCUT2D eigenvalue weighted by molar-refractivity contribution is 0.0732. The highest BCUT2D eigenvalue weighted by molar-refractivity contribution is 6.02. The van der Waals surface area contributed by atoms with E-state index in [1.54, 1.807) is 0 Å². The number of carbonyl (C=O) groups excluding carboxylic acids is 1. The minimum Gasteiger partial charge on any atom is -0.294 e. The monoisotopic (exact) mass is 188 g/mol. The Morgan fingerprint density at radius 2 is 1.93 bits per heavy atom. The summed E-state index contributed by atoms with van der Waals surface area (Å²) in [5.41, 5.74) is 1.94. The molecule has 0 fully saturated rings. The predicted octanol–water partition coefficient (Wildman–Crippen LogP) is 3.09. The van der Waals surface area contributed by atoms with Crippen LogP contribution in [0.15, 0.2) is 24.3 Å². The van der Waals surface area contributed by atoms with E-state index in [2.05, 4.69) is 26.8 Å². The van der Waals surface area contributed by atoms with Gasteiger partial charge in [-0.15, -0.1) is 0 Å². The van der Waals surface area contributed by atoms with E-state index < -0.39 is 0 Å². The minimum absolute atomic E-state index is 0.200. The fraction of sp³-hybridized carbons (Fsp3) is 0.462. The number of Topliss-reactive ketones (excluding diaryl/α,β-unsaturated/α-hetero) is 1. The lowest BCUT2D eigenvalue weighted by atomic mass is 9.67. The predicted molar refractivity (Wildman–Crippen MR) is 57.4 cm³/mol. The molecule has 1 aromatic carbocycles. The van der Waals surface area contributed by atoms with Crippen LogP contribution in [0, 0.1) is 11.3 Å². The Balaban J connectivity index is 2.55. The van der Waals surface area contributed by atoms with Crippen LogP contribution in [-0.2, 0) is 6.42 Å². The summed E-state index contributed by atoms with van der Waals surface area (Å²) >= 11 is 0. The average molecular weight is 188 g/mol. The number of hydrogen-bond donors (Lipinski definition) is 0. The first-order chi connectivity index (χ1) is 6.53. The lowest BCUT2D eigenvalue weighted by Crippen LogP contribution is -2.37. The van der Waals surface area contributed by atoms with Gasteiger partial charge >= 0.3 is 0 Å². The van der Waals surface area contributed by atoms with E-state index >= 15 is 0 Å². The molecule has 74 valence electrons. The Labute approximate surface area is 85.1 Å². The molecule has 0 aliphatic heterocycles. The number of benzene rings is 1. The van der Waals surface area contributed by atoms with Crippen molar-refractivity contribution in [3.8, 4) is 0 Å². The number of carbonyl (C=O) groups is 1. The first-order valence-electron chi connectivity index (χ1n) is 5.16. The Hall–Kier alpha value is -1.11. The molecule has 1 aromatic rings. The summed E-state index contributed by atoms with van der Waals surface area (Å²) in [5, 5.41) is 0. The molecule has 1 nitrogen and oxygen atoms in total. The first kappa shape index (κ1) is 9.45. The average Bonchev–Trinajstić information content (AvgIpc) is 2.15. The molecule has 1 unspecified atom stereocenters. The molecule has 0 radical (unpaired) electrons. The number of rotatable bonds is 0. The highest BCUT2D eigenvalue weighted by Gasteiger charge is 2.39. The van der Waals surface area contributed by atoms with Gasteiger partial charge in [0, 0.05) is 11.0 Å². The second kappa shape index (κ2) is 2.94. The Bertz CT molecular complexity index is 377. The third-order valence-corrected chi connectivity index (χ3v) is 3.61. The van der Waals surface area contributed by atoms with Gasteiger partial charge in [-0.05, 0) is 17.9 Å². The SMILES string of the molecule is CC1Cc2ccccc2C(=O)C1(C)C. The van der Waals surface area contributed by atoms with Gasteiger partial charge in [-0.2, -0.15) is 0 Å². The summed E-state index contributed by atoms with van der Waals surface area (Å²) in [6.07, 6.45) is 1.02. The summed E-state index contributed by atoms with van der Waals surface area (Å²) in [7, 11) is 0. The third-order valence-electron chi connectivity index (χ3n) is 3.61. The third kappa shape index (κ3) is 1.19. The van der Waals surface area contributed by atoms with Gasteiger partial charge in [-0.3, -0.25) is 4.79 Å². The van der Waals surface area contributed by atoms with Crippen molar-refractivity contribution in [2.24, 2.45) is 11.3 Å². The summed E-state index contributed by atoms with van der Waals surface area (Å²) in [5.74, 6) is 0.733. The van der Waals surface area contributed by atoms with Gasteiger partial charge in [0.15, 0.2) is 5.78 Å². The maximum Gasteiger partial charge on any atom is 0.169 e. The molecule has 14 heavy (non-hydrogen) atoms. The normalized spacial score (nSPS) is 24.5. The maximum atomic E-state index is 12.1. The molecule has 2 rings (SSSR count). The van der Waals surface area contributed by atoms with Gasteiger partial charge in [0.1, 0.15) is 0 Å². The van der Waals surface area contributed by atoms with Crippen molar-refractivity contribution < 1.29 is 4.79 Å². The van der Waals surface area contributed by atoms with Gasteiger partial charge in [-0.1, -0.05) is 45.0 Å². The minimum atomic E-state index is -0.200. The van der Waals surface area contributed by atoms with Crippen molar-refractivity contribution in [3.63, 3.8) is 0 Å². The number of hydrogen-bond acceptors (Lipinski definition) is 1. The molecule has 1 heteroatoms. The van der Waals surface area contributed by atoms with E-state index in [4.69, 9.17) is 0 Å². The number of fused-ring (bicyclic) bond motifs is 1. The molecule has 0 aromatic heterocycles. The van der Waals surface area contributed by atoms with Gasteiger partial charge in [0.25, 0.3) is 0 Å². The zero-order valence-electron chi connectivity index (χ0n) is 9.00. The molecule has 0 spiro atoms. The van der Waals surface area contributed by atoms with Gasteiger partial charge < -0.3 is 0 Å². The molecular weight excluding hydrogens is 172 g/mol. The topological polar surface area (TPSA) is 17.1 Å². The van der Waals surface area contributed by atoms with Crippen LogP contribution in [0.25, 0.3) is 0 Å². The standard InChI is InChI=1S/C13H16O/c1-9-8-10-6-4-5-7-11(10)12(14)13(9,2)3/h4-7,9H,8H2,1-3H3. The molecule has 1 aliphatic rings. The van der Waals surface area contributed by atoms with Gasteiger partial charge in [0.05, 0.1) is 0 Å². The Kier molecular flexibility index (Phi) is 1.99. The highest BCUT2D eigenvalue weighted by Crippen LogP contribution is 2.38.